The summed E-state index contributed by atoms with van der Waals surface area (Å²) in [6, 6.07) is 6.15. The minimum Gasteiger partial charge on any atom is -0.466 e. The number of unbranched alkanes of at least 4 members (excludes halogenated alkanes) is 1. The zero-order chi connectivity index (χ0) is 23.9. The van der Waals surface area contributed by atoms with Crippen molar-refractivity contribution >= 4 is 23.5 Å². The summed E-state index contributed by atoms with van der Waals surface area (Å²) >= 11 is 0. The second-order valence-electron chi connectivity index (χ2n) is 6.96. The Balaban J connectivity index is 0.00000249. The van der Waals surface area contributed by atoms with Crippen LogP contribution in [-0.2, 0) is 19.1 Å². The second kappa shape index (κ2) is 14.3. The molecule has 7 nitrogen and oxygen atoms in total. The molecule has 170 valence electrons. The lowest BCUT2D eigenvalue weighted by atomic mass is 9.96. The van der Waals surface area contributed by atoms with E-state index in [0.29, 0.717) is 17.7 Å². The lowest BCUT2D eigenvalue weighted by Gasteiger charge is -2.17. The Labute approximate surface area is 189 Å². The second-order valence-corrected chi connectivity index (χ2v) is 6.96. The van der Waals surface area contributed by atoms with E-state index in [-0.39, 0.29) is 18.9 Å². The Morgan fingerprint density at radius 3 is 2.50 bits per heavy atom. The minimum absolute atomic E-state index is 0.0282. The molecule has 0 saturated heterocycles. The van der Waals surface area contributed by atoms with Crippen molar-refractivity contribution in [2.75, 3.05) is 12.3 Å². The summed E-state index contributed by atoms with van der Waals surface area (Å²) in [5.74, 6) is 4.35. The molecular formula is C25H31N3O4. The average molecular weight is 438 g/mol. The summed E-state index contributed by atoms with van der Waals surface area (Å²) in [7, 11) is 0. The van der Waals surface area contributed by atoms with E-state index in [1.165, 1.54) is 0 Å². The highest BCUT2D eigenvalue weighted by Crippen LogP contribution is 2.16. The summed E-state index contributed by atoms with van der Waals surface area (Å²) in [5.41, 5.74) is 12.9. The smallest absolute Gasteiger partial charge is 0.308 e. The highest BCUT2D eigenvalue weighted by atomic mass is 16.5. The van der Waals surface area contributed by atoms with E-state index in [4.69, 9.17) is 16.2 Å². The van der Waals surface area contributed by atoms with Crippen LogP contribution in [-0.4, -0.2) is 30.4 Å². The third kappa shape index (κ3) is 9.35. The predicted molar refractivity (Wildman–Crippen MR) is 126 cm³/mol. The van der Waals surface area contributed by atoms with E-state index in [2.05, 4.69) is 30.3 Å². The lowest BCUT2D eigenvalue weighted by molar-refractivity contribution is -0.146. The monoisotopic (exact) mass is 437 g/mol. The molecule has 32 heavy (non-hydrogen) atoms. The molecule has 0 radical (unpaired) electrons. The van der Waals surface area contributed by atoms with Crippen molar-refractivity contribution in [1.29, 1.82) is 0 Å². The van der Waals surface area contributed by atoms with Crippen LogP contribution in [0.4, 0.5) is 5.69 Å². The molecular weight excluding hydrogens is 406 g/mol. The molecule has 1 aliphatic carbocycles. The predicted octanol–water partition coefficient (Wildman–Crippen LogP) is 2.63. The number of hydrogen-bond donors (Lipinski definition) is 3. The summed E-state index contributed by atoms with van der Waals surface area (Å²) < 4.78 is 5.03. The molecule has 2 rings (SSSR count). The maximum absolute atomic E-state index is 12.4. The van der Waals surface area contributed by atoms with Crippen LogP contribution in [0.1, 0.15) is 38.2 Å². The first-order valence-electron chi connectivity index (χ1n) is 10.4. The van der Waals surface area contributed by atoms with E-state index in [1.807, 2.05) is 25.1 Å². The number of primary amides is 1. The third-order valence-corrected chi connectivity index (χ3v) is 4.46. The molecule has 0 aliphatic heterocycles. The number of nitrogen functional groups attached to an aromatic ring is 1. The zero-order valence-electron chi connectivity index (χ0n) is 18.4. The summed E-state index contributed by atoms with van der Waals surface area (Å²) in [6.45, 7) is 8.25. The molecule has 2 unspecified atom stereocenters. The van der Waals surface area contributed by atoms with Gasteiger partial charge in [0, 0.05) is 22.7 Å². The number of esters is 1. The van der Waals surface area contributed by atoms with E-state index in [0.717, 1.165) is 18.4 Å². The first kappa shape index (κ1) is 26.2. The van der Waals surface area contributed by atoms with Crippen molar-refractivity contribution in [3.05, 3.63) is 66.8 Å². The maximum Gasteiger partial charge on any atom is 0.308 e. The molecule has 0 aromatic heterocycles. The standard InChI is InChI=1S/C23H27N3O4.C2H4/c1-2-3-14-30-21(27)15-20(22(25)28)26-23(29)18-10-6-16(7-11-18)4-5-17-8-12-19(24)13-9-17;1-2/h6,8-13,16,20H,2-3,7,14-15,24H2,1H3,(H2,25,28)(H,26,29);1-2H2. The third-order valence-electron chi connectivity index (χ3n) is 4.46. The molecule has 0 bridgehead atoms. The van der Waals surface area contributed by atoms with Gasteiger partial charge >= 0.3 is 5.97 Å². The van der Waals surface area contributed by atoms with Gasteiger partial charge in [0.25, 0.3) is 5.91 Å². The topological polar surface area (TPSA) is 125 Å². The Morgan fingerprint density at radius 1 is 1.25 bits per heavy atom. The molecule has 1 aliphatic rings. The highest BCUT2D eigenvalue weighted by Gasteiger charge is 2.24. The molecule has 0 heterocycles. The van der Waals surface area contributed by atoms with Gasteiger partial charge in [-0.05, 0) is 37.1 Å². The lowest BCUT2D eigenvalue weighted by Crippen LogP contribution is -2.46. The Hall–Kier alpha value is -3.79. The molecule has 0 fully saturated rings. The maximum atomic E-state index is 12.4. The minimum atomic E-state index is -1.12. The van der Waals surface area contributed by atoms with Crippen molar-refractivity contribution in [1.82, 2.24) is 5.32 Å². The SMILES string of the molecule is C=C.CCCCOC(=O)CC(NC(=O)C1=CCC(C#Cc2ccc(N)cc2)C=C1)C(N)=O. The summed E-state index contributed by atoms with van der Waals surface area (Å²) in [6.07, 6.45) is 7.11. The van der Waals surface area contributed by atoms with Gasteiger partial charge in [-0.2, -0.15) is 0 Å². The highest BCUT2D eigenvalue weighted by molar-refractivity contribution is 5.99. The number of nitrogens with two attached hydrogens (primary N) is 2. The van der Waals surface area contributed by atoms with Gasteiger partial charge in [0.15, 0.2) is 0 Å². The summed E-state index contributed by atoms with van der Waals surface area (Å²) in [5, 5.41) is 2.50. The quantitative estimate of drug-likeness (QED) is 0.190. The van der Waals surface area contributed by atoms with Gasteiger partial charge in [0.05, 0.1) is 13.0 Å². The van der Waals surface area contributed by atoms with Crippen LogP contribution in [0.3, 0.4) is 0 Å². The van der Waals surface area contributed by atoms with E-state index in [9.17, 15) is 14.4 Å². The molecule has 2 atom stereocenters. The van der Waals surface area contributed by atoms with E-state index >= 15 is 0 Å². The Bertz CT molecular complexity index is 907. The van der Waals surface area contributed by atoms with Gasteiger partial charge in [-0.15, -0.1) is 13.2 Å². The van der Waals surface area contributed by atoms with Gasteiger partial charge in [-0.3, -0.25) is 14.4 Å². The van der Waals surface area contributed by atoms with E-state index < -0.39 is 23.8 Å². The normalized spacial score (nSPS) is 15.0. The van der Waals surface area contributed by atoms with Crippen molar-refractivity contribution in [2.45, 2.75) is 38.6 Å². The van der Waals surface area contributed by atoms with Crippen molar-refractivity contribution in [2.24, 2.45) is 11.7 Å². The van der Waals surface area contributed by atoms with Crippen LogP contribution in [0, 0.1) is 17.8 Å². The van der Waals surface area contributed by atoms with Crippen LogP contribution in [0.25, 0.3) is 0 Å². The number of rotatable bonds is 8. The molecule has 0 saturated carbocycles. The number of carbonyl (C=O) groups excluding carboxylic acids is 3. The average Bonchev–Trinajstić information content (AvgIpc) is 2.80. The van der Waals surface area contributed by atoms with Crippen molar-refractivity contribution in [3.8, 4) is 11.8 Å². The molecule has 1 aromatic rings. The van der Waals surface area contributed by atoms with Gasteiger partial charge in [0.1, 0.15) is 6.04 Å². The number of carbonyl (C=O) groups is 3. The Morgan fingerprint density at radius 2 is 1.94 bits per heavy atom. The van der Waals surface area contributed by atoms with Crippen molar-refractivity contribution in [3.63, 3.8) is 0 Å². The largest absolute Gasteiger partial charge is 0.466 e. The molecule has 7 heteroatoms. The number of ether oxygens (including phenoxy) is 1. The van der Waals surface area contributed by atoms with Crippen LogP contribution in [0.5, 0.6) is 0 Å². The molecule has 5 N–H and O–H groups in total. The molecule has 2 amide bonds. The van der Waals surface area contributed by atoms with Crippen LogP contribution >= 0.6 is 0 Å². The first-order valence-corrected chi connectivity index (χ1v) is 10.4. The number of nitrogens with one attached hydrogen (secondary N) is 1. The fourth-order valence-corrected chi connectivity index (χ4v) is 2.66. The number of hydrogen-bond acceptors (Lipinski definition) is 5. The zero-order valence-corrected chi connectivity index (χ0v) is 18.4. The van der Waals surface area contributed by atoms with Crippen molar-refractivity contribution < 1.29 is 19.1 Å². The molecule has 1 aromatic carbocycles. The summed E-state index contributed by atoms with van der Waals surface area (Å²) in [4.78, 5) is 35.9. The number of benzene rings is 1. The fourth-order valence-electron chi connectivity index (χ4n) is 2.66. The van der Waals surface area contributed by atoms with Crippen LogP contribution in [0.2, 0.25) is 0 Å². The van der Waals surface area contributed by atoms with Gasteiger partial charge in [0.2, 0.25) is 5.91 Å². The number of amides is 2. The van der Waals surface area contributed by atoms with Crippen LogP contribution in [0.15, 0.2) is 61.2 Å². The Kier molecular flexibility index (Phi) is 11.7. The number of anilines is 1. The van der Waals surface area contributed by atoms with Gasteiger partial charge in [-0.25, -0.2) is 0 Å². The fraction of sp³-hybridized carbons (Fsp3) is 0.320. The van der Waals surface area contributed by atoms with Gasteiger partial charge in [-0.1, -0.05) is 43.4 Å². The first-order chi connectivity index (χ1) is 15.4. The van der Waals surface area contributed by atoms with E-state index in [1.54, 1.807) is 24.3 Å². The van der Waals surface area contributed by atoms with Crippen LogP contribution < -0.4 is 16.8 Å². The van der Waals surface area contributed by atoms with Gasteiger partial charge < -0.3 is 21.5 Å². The number of allylic oxidation sites excluding steroid dienone is 2. The molecule has 0 spiro atoms.